The zero-order chi connectivity index (χ0) is 14.9. The first-order valence-electron chi connectivity index (χ1n) is 5.61. The van der Waals surface area contributed by atoms with E-state index in [4.69, 9.17) is 5.73 Å². The van der Waals surface area contributed by atoms with Crippen LogP contribution < -0.4 is 10.5 Å². The molecule has 8 heteroatoms. The predicted octanol–water partition coefficient (Wildman–Crippen LogP) is 3.89. The minimum absolute atomic E-state index is 0.148. The number of thiophene rings is 1. The fourth-order valence-corrected chi connectivity index (χ4v) is 6.37. The topological polar surface area (TPSA) is 72.2 Å². The number of sulfonamides is 1. The molecule has 1 aromatic heterocycles. The SMILES string of the molecule is CC(NS(=O)(=O)c1c(Br)cc(N)cc1Br)c1cccs1. The standard InChI is InChI=1S/C12H12Br2N2O2S2/c1-7(11-3-2-4-19-11)16-20(17,18)12-9(13)5-8(15)6-10(12)14/h2-7,16H,15H2,1H3. The minimum Gasteiger partial charge on any atom is -0.399 e. The van der Waals surface area contributed by atoms with E-state index in [0.717, 1.165) is 4.88 Å². The number of nitrogens with two attached hydrogens (primary N) is 1. The molecule has 3 N–H and O–H groups in total. The summed E-state index contributed by atoms with van der Waals surface area (Å²) in [6.07, 6.45) is 0. The van der Waals surface area contributed by atoms with E-state index in [1.54, 1.807) is 12.1 Å². The number of halogens is 2. The molecule has 1 atom stereocenters. The summed E-state index contributed by atoms with van der Waals surface area (Å²) in [5.74, 6) is 0. The summed E-state index contributed by atoms with van der Waals surface area (Å²) in [7, 11) is -3.66. The van der Waals surface area contributed by atoms with E-state index in [-0.39, 0.29) is 10.9 Å². The number of nitrogens with one attached hydrogen (secondary N) is 1. The smallest absolute Gasteiger partial charge is 0.243 e. The van der Waals surface area contributed by atoms with E-state index in [1.807, 2.05) is 24.4 Å². The van der Waals surface area contributed by atoms with Crippen molar-refractivity contribution in [2.75, 3.05) is 5.73 Å². The Kier molecular flexibility index (Phi) is 4.91. The predicted molar refractivity (Wildman–Crippen MR) is 89.3 cm³/mol. The second-order valence-corrected chi connectivity index (χ2v) is 8.51. The zero-order valence-corrected chi connectivity index (χ0v) is 15.2. The summed E-state index contributed by atoms with van der Waals surface area (Å²) >= 11 is 8.00. The Morgan fingerprint density at radius 1 is 1.30 bits per heavy atom. The van der Waals surface area contributed by atoms with Crippen LogP contribution in [-0.4, -0.2) is 8.42 Å². The fraction of sp³-hybridized carbons (Fsp3) is 0.167. The van der Waals surface area contributed by atoms with Crippen molar-refractivity contribution in [1.29, 1.82) is 0 Å². The summed E-state index contributed by atoms with van der Waals surface area (Å²) in [6.45, 7) is 1.81. The lowest BCUT2D eigenvalue weighted by atomic mass is 10.3. The molecule has 0 saturated carbocycles. The summed E-state index contributed by atoms with van der Waals surface area (Å²) in [4.78, 5) is 1.10. The maximum absolute atomic E-state index is 12.5. The van der Waals surface area contributed by atoms with Crippen molar-refractivity contribution in [3.05, 3.63) is 43.5 Å². The van der Waals surface area contributed by atoms with Gasteiger partial charge in [0.05, 0.1) is 6.04 Å². The molecule has 108 valence electrons. The average Bonchev–Trinajstić information content (AvgIpc) is 2.78. The molecule has 0 radical (unpaired) electrons. The lowest BCUT2D eigenvalue weighted by molar-refractivity contribution is 0.567. The number of nitrogen functional groups attached to an aromatic ring is 1. The van der Waals surface area contributed by atoms with E-state index in [0.29, 0.717) is 14.6 Å². The number of rotatable bonds is 4. The molecule has 4 nitrogen and oxygen atoms in total. The average molecular weight is 440 g/mol. The fourth-order valence-electron chi connectivity index (χ4n) is 1.72. The number of anilines is 1. The molecule has 1 aromatic carbocycles. The van der Waals surface area contributed by atoms with Crippen molar-refractivity contribution in [3.8, 4) is 0 Å². The van der Waals surface area contributed by atoms with Crippen molar-refractivity contribution in [1.82, 2.24) is 4.72 Å². The molecule has 2 aromatic rings. The summed E-state index contributed by atoms with van der Waals surface area (Å²) < 4.78 is 28.5. The number of hydrogen-bond acceptors (Lipinski definition) is 4. The monoisotopic (exact) mass is 438 g/mol. The highest BCUT2D eigenvalue weighted by Gasteiger charge is 2.24. The van der Waals surface area contributed by atoms with Crippen molar-refractivity contribution in [3.63, 3.8) is 0 Å². The van der Waals surface area contributed by atoms with E-state index in [2.05, 4.69) is 36.6 Å². The van der Waals surface area contributed by atoms with Gasteiger partial charge >= 0.3 is 0 Å². The van der Waals surface area contributed by atoms with Crippen LogP contribution in [0.25, 0.3) is 0 Å². The highest BCUT2D eigenvalue weighted by molar-refractivity contribution is 9.11. The molecule has 0 aliphatic heterocycles. The van der Waals surface area contributed by atoms with Crippen LogP contribution in [0.5, 0.6) is 0 Å². The molecule has 0 bridgehead atoms. The van der Waals surface area contributed by atoms with Crippen LogP contribution in [0.4, 0.5) is 5.69 Å². The largest absolute Gasteiger partial charge is 0.399 e. The lowest BCUT2D eigenvalue weighted by Crippen LogP contribution is -2.27. The zero-order valence-electron chi connectivity index (χ0n) is 10.4. The van der Waals surface area contributed by atoms with Crippen molar-refractivity contribution in [2.24, 2.45) is 0 Å². The van der Waals surface area contributed by atoms with Gasteiger partial charge in [-0.25, -0.2) is 13.1 Å². The Hall–Kier alpha value is -0.410. The Balaban J connectivity index is 2.37. The van der Waals surface area contributed by atoms with Crippen LogP contribution >= 0.6 is 43.2 Å². The first-order valence-corrected chi connectivity index (χ1v) is 9.56. The molecule has 2 rings (SSSR count). The van der Waals surface area contributed by atoms with Crippen LogP contribution in [0, 0.1) is 0 Å². The second-order valence-electron chi connectivity index (χ2n) is 4.17. The van der Waals surface area contributed by atoms with E-state index >= 15 is 0 Å². The van der Waals surface area contributed by atoms with E-state index < -0.39 is 10.0 Å². The van der Waals surface area contributed by atoms with Gasteiger partial charge in [-0.15, -0.1) is 11.3 Å². The van der Waals surface area contributed by atoms with Gasteiger partial charge in [-0.05, 0) is 62.4 Å². The summed E-state index contributed by atoms with van der Waals surface area (Å²) in [5.41, 5.74) is 6.16. The molecular weight excluding hydrogens is 428 g/mol. The van der Waals surface area contributed by atoms with Crippen LogP contribution in [0.2, 0.25) is 0 Å². The normalized spacial score (nSPS) is 13.3. The Morgan fingerprint density at radius 2 is 1.90 bits per heavy atom. The molecule has 0 amide bonds. The molecule has 20 heavy (non-hydrogen) atoms. The second kappa shape index (κ2) is 6.15. The molecule has 0 aliphatic carbocycles. The quantitative estimate of drug-likeness (QED) is 0.709. The van der Waals surface area contributed by atoms with Gasteiger partial charge in [-0.2, -0.15) is 0 Å². The Morgan fingerprint density at radius 3 is 2.40 bits per heavy atom. The maximum atomic E-state index is 12.5. The van der Waals surface area contributed by atoms with Gasteiger partial charge in [0, 0.05) is 19.5 Å². The Labute approximate surface area is 138 Å². The summed E-state index contributed by atoms with van der Waals surface area (Å²) in [5, 5.41) is 1.91. The molecule has 0 saturated heterocycles. The lowest BCUT2D eigenvalue weighted by Gasteiger charge is -2.15. The number of hydrogen-bond donors (Lipinski definition) is 2. The van der Waals surface area contributed by atoms with Crippen molar-refractivity contribution < 1.29 is 8.42 Å². The van der Waals surface area contributed by atoms with Gasteiger partial charge in [0.25, 0.3) is 0 Å². The van der Waals surface area contributed by atoms with E-state index in [9.17, 15) is 8.42 Å². The third-order valence-electron chi connectivity index (χ3n) is 2.59. The van der Waals surface area contributed by atoms with Crippen LogP contribution in [0.15, 0.2) is 43.5 Å². The van der Waals surface area contributed by atoms with Gasteiger partial charge in [0.1, 0.15) is 4.90 Å². The first-order chi connectivity index (χ1) is 9.31. The third-order valence-corrected chi connectivity index (χ3v) is 7.06. The minimum atomic E-state index is -3.66. The summed E-state index contributed by atoms with van der Waals surface area (Å²) in [6, 6.07) is 6.62. The highest BCUT2D eigenvalue weighted by atomic mass is 79.9. The van der Waals surface area contributed by atoms with Crippen LogP contribution in [0.1, 0.15) is 17.8 Å². The van der Waals surface area contributed by atoms with Crippen molar-refractivity contribution in [2.45, 2.75) is 17.9 Å². The van der Waals surface area contributed by atoms with E-state index in [1.165, 1.54) is 11.3 Å². The third kappa shape index (κ3) is 3.43. The molecule has 1 unspecified atom stereocenters. The first kappa shape index (κ1) is 16.0. The molecular formula is C12H12Br2N2O2S2. The van der Waals surface area contributed by atoms with Crippen LogP contribution in [-0.2, 0) is 10.0 Å². The maximum Gasteiger partial charge on any atom is 0.243 e. The van der Waals surface area contributed by atoms with Crippen LogP contribution in [0.3, 0.4) is 0 Å². The molecule has 1 heterocycles. The highest BCUT2D eigenvalue weighted by Crippen LogP contribution is 2.33. The van der Waals surface area contributed by atoms with Gasteiger partial charge < -0.3 is 5.73 Å². The Bertz CT molecular complexity index is 692. The van der Waals surface area contributed by atoms with Gasteiger partial charge in [0.15, 0.2) is 0 Å². The van der Waals surface area contributed by atoms with Gasteiger partial charge in [-0.1, -0.05) is 6.07 Å². The molecule has 0 spiro atoms. The molecule has 0 fully saturated rings. The molecule has 0 aliphatic rings. The van der Waals surface area contributed by atoms with Crippen molar-refractivity contribution >= 4 is 58.9 Å². The van der Waals surface area contributed by atoms with Gasteiger partial charge in [0.2, 0.25) is 10.0 Å². The van der Waals surface area contributed by atoms with Gasteiger partial charge in [-0.3, -0.25) is 0 Å². The number of benzene rings is 1.